The van der Waals surface area contributed by atoms with Gasteiger partial charge in [0, 0.05) is 10.0 Å². The Morgan fingerprint density at radius 1 is 0.828 bits per heavy atom. The van der Waals surface area contributed by atoms with Crippen molar-refractivity contribution >= 4 is 46.9 Å². The molecule has 2 N–H and O–H groups in total. The monoisotopic (exact) mass is 458 g/mol. The molecule has 0 radical (unpaired) electrons. The number of aliphatic carboxylic acids is 2. The van der Waals surface area contributed by atoms with E-state index in [-0.39, 0.29) is 0 Å². The van der Waals surface area contributed by atoms with Crippen molar-refractivity contribution in [2.45, 2.75) is 49.7 Å². The number of ether oxygens (including phenoxy) is 2. The van der Waals surface area contributed by atoms with Crippen molar-refractivity contribution in [3.05, 3.63) is 45.4 Å². The first-order valence-corrected chi connectivity index (χ1v) is 10.1. The number of carbonyl (C=O) groups is 2. The molecule has 0 amide bonds. The fourth-order valence-electron chi connectivity index (χ4n) is 2.42. The largest absolute Gasteiger partial charge is 0.479 e. The topological polar surface area (TPSA) is 93.1 Å². The van der Waals surface area contributed by atoms with Crippen LogP contribution < -0.4 is 9.47 Å². The highest BCUT2D eigenvalue weighted by Gasteiger charge is 2.22. The Bertz CT molecular complexity index is 872. The number of hydrogen-bond acceptors (Lipinski definition) is 5. The van der Waals surface area contributed by atoms with Crippen LogP contribution in [0.15, 0.2) is 34.1 Å². The number of halogens is 2. The Kier molecular flexibility index (Phi) is 7.68. The number of aryl methyl sites for hydroxylation is 2. The van der Waals surface area contributed by atoms with Gasteiger partial charge in [-0.05, 0) is 63.1 Å². The number of benzene rings is 2. The summed E-state index contributed by atoms with van der Waals surface area (Å²) in [6, 6.07) is 6.62. The van der Waals surface area contributed by atoms with Crippen LogP contribution in [0.1, 0.15) is 25.0 Å². The van der Waals surface area contributed by atoms with Gasteiger partial charge in [0.2, 0.25) is 0 Å². The quantitative estimate of drug-likeness (QED) is 0.541. The third-order valence-electron chi connectivity index (χ3n) is 3.92. The van der Waals surface area contributed by atoms with Crippen molar-refractivity contribution in [1.82, 2.24) is 0 Å². The molecule has 0 aliphatic carbocycles. The van der Waals surface area contributed by atoms with Crippen LogP contribution in [0.5, 0.6) is 11.5 Å². The van der Waals surface area contributed by atoms with Crippen LogP contribution in [-0.4, -0.2) is 34.4 Å². The van der Waals surface area contributed by atoms with E-state index in [0.717, 1.165) is 0 Å². The van der Waals surface area contributed by atoms with Gasteiger partial charge in [-0.2, -0.15) is 0 Å². The number of carboxylic acid groups (broad SMARTS) is 2. The van der Waals surface area contributed by atoms with E-state index in [4.69, 9.17) is 32.7 Å². The number of carboxylic acids is 2. The SMILES string of the molecule is Cc1cc(Cl)cc(Sc2cc(Cl)cc(C)c2OC(C)C(=O)O)c1OC(C)C(=O)O. The predicted octanol–water partition coefficient (Wildman–Crippen LogP) is 5.47. The lowest BCUT2D eigenvalue weighted by molar-refractivity contribution is -0.145. The average molecular weight is 459 g/mol. The van der Waals surface area contributed by atoms with Gasteiger partial charge in [-0.1, -0.05) is 35.0 Å². The highest BCUT2D eigenvalue weighted by atomic mass is 35.5. The predicted molar refractivity (Wildman–Crippen MR) is 112 cm³/mol. The summed E-state index contributed by atoms with van der Waals surface area (Å²) in [7, 11) is 0. The van der Waals surface area contributed by atoms with E-state index in [1.807, 2.05) is 0 Å². The van der Waals surface area contributed by atoms with Crippen molar-refractivity contribution in [1.29, 1.82) is 0 Å². The maximum absolute atomic E-state index is 11.2. The van der Waals surface area contributed by atoms with Gasteiger partial charge < -0.3 is 19.7 Å². The third-order valence-corrected chi connectivity index (χ3v) is 5.40. The highest BCUT2D eigenvalue weighted by molar-refractivity contribution is 7.99. The summed E-state index contributed by atoms with van der Waals surface area (Å²) in [5.74, 6) is -1.48. The number of rotatable bonds is 8. The zero-order valence-corrected chi connectivity index (χ0v) is 18.5. The van der Waals surface area contributed by atoms with Gasteiger partial charge in [-0.25, -0.2) is 9.59 Å². The molecule has 0 bridgehead atoms. The van der Waals surface area contributed by atoms with Gasteiger partial charge >= 0.3 is 11.9 Å². The van der Waals surface area contributed by atoms with Gasteiger partial charge in [0.05, 0.1) is 9.79 Å². The summed E-state index contributed by atoms with van der Waals surface area (Å²) in [5.41, 5.74) is 1.32. The molecule has 2 atom stereocenters. The molecule has 0 heterocycles. The van der Waals surface area contributed by atoms with Gasteiger partial charge in [-0.15, -0.1) is 0 Å². The normalized spacial score (nSPS) is 12.9. The van der Waals surface area contributed by atoms with Crippen LogP contribution in [0.25, 0.3) is 0 Å². The van der Waals surface area contributed by atoms with E-state index in [0.29, 0.717) is 42.5 Å². The fraction of sp³-hybridized carbons (Fsp3) is 0.300. The maximum Gasteiger partial charge on any atom is 0.344 e. The summed E-state index contributed by atoms with van der Waals surface area (Å²) < 4.78 is 11.3. The smallest absolute Gasteiger partial charge is 0.344 e. The van der Waals surface area contributed by atoms with Gasteiger partial charge in [0.1, 0.15) is 11.5 Å². The minimum Gasteiger partial charge on any atom is -0.479 e. The molecular formula is C20H20Cl2O6S. The summed E-state index contributed by atoms with van der Waals surface area (Å²) >= 11 is 13.6. The molecule has 156 valence electrons. The molecule has 0 saturated carbocycles. The minimum absolute atomic E-state index is 0.365. The summed E-state index contributed by atoms with van der Waals surface area (Å²) in [6.07, 6.45) is -2.14. The second-order valence-electron chi connectivity index (χ2n) is 6.40. The highest BCUT2D eigenvalue weighted by Crippen LogP contribution is 2.45. The van der Waals surface area contributed by atoms with Crippen LogP contribution in [0.4, 0.5) is 0 Å². The standard InChI is InChI=1S/C20H20Cl2O6S/c1-9-5-13(21)7-15(17(9)27-11(3)19(23)24)29-16-8-14(22)6-10(2)18(16)28-12(4)20(25)26/h5-8,11-12H,1-4H3,(H,23,24)(H,25,26). The zero-order chi connectivity index (χ0) is 21.9. The van der Waals surface area contributed by atoms with E-state index in [9.17, 15) is 19.8 Å². The van der Waals surface area contributed by atoms with E-state index >= 15 is 0 Å². The fourth-order valence-corrected chi connectivity index (χ4v) is 4.31. The Hall–Kier alpha value is -2.09. The van der Waals surface area contributed by atoms with Crippen molar-refractivity contribution in [2.24, 2.45) is 0 Å². The second-order valence-corrected chi connectivity index (χ2v) is 8.36. The van der Waals surface area contributed by atoms with Crippen LogP contribution in [0.3, 0.4) is 0 Å². The Balaban J connectivity index is 2.53. The summed E-state index contributed by atoms with van der Waals surface area (Å²) in [4.78, 5) is 23.6. The first kappa shape index (κ1) is 23.2. The van der Waals surface area contributed by atoms with Crippen LogP contribution >= 0.6 is 35.0 Å². The average Bonchev–Trinajstić information content (AvgIpc) is 2.60. The van der Waals surface area contributed by atoms with Crippen molar-refractivity contribution in [2.75, 3.05) is 0 Å². The van der Waals surface area contributed by atoms with Gasteiger partial charge in [0.15, 0.2) is 12.2 Å². The van der Waals surface area contributed by atoms with Gasteiger partial charge in [-0.3, -0.25) is 0 Å². The third kappa shape index (κ3) is 5.95. The molecular weight excluding hydrogens is 439 g/mol. The zero-order valence-electron chi connectivity index (χ0n) is 16.2. The molecule has 0 aliphatic rings. The number of hydrogen-bond donors (Lipinski definition) is 2. The summed E-state index contributed by atoms with van der Waals surface area (Å²) in [6.45, 7) is 6.37. The van der Waals surface area contributed by atoms with E-state index in [1.54, 1.807) is 38.1 Å². The first-order chi connectivity index (χ1) is 13.5. The molecule has 2 aromatic carbocycles. The van der Waals surface area contributed by atoms with Gasteiger partial charge in [0.25, 0.3) is 0 Å². The van der Waals surface area contributed by atoms with E-state index in [2.05, 4.69) is 0 Å². The molecule has 0 aliphatic heterocycles. The molecule has 9 heteroatoms. The van der Waals surface area contributed by atoms with E-state index < -0.39 is 24.1 Å². The van der Waals surface area contributed by atoms with Crippen LogP contribution in [0, 0.1) is 13.8 Å². The van der Waals surface area contributed by atoms with E-state index in [1.165, 1.54) is 25.6 Å². The lowest BCUT2D eigenvalue weighted by Crippen LogP contribution is -2.24. The molecule has 2 rings (SSSR count). The van der Waals surface area contributed by atoms with Crippen molar-refractivity contribution in [3.8, 4) is 11.5 Å². The molecule has 29 heavy (non-hydrogen) atoms. The van der Waals surface area contributed by atoms with Crippen molar-refractivity contribution < 1.29 is 29.3 Å². The Morgan fingerprint density at radius 2 is 1.17 bits per heavy atom. The molecule has 0 fully saturated rings. The molecule has 2 unspecified atom stereocenters. The maximum atomic E-state index is 11.2. The lowest BCUT2D eigenvalue weighted by atomic mass is 10.2. The Labute approximate surface area is 182 Å². The molecule has 6 nitrogen and oxygen atoms in total. The second kappa shape index (κ2) is 9.61. The molecule has 0 spiro atoms. The van der Waals surface area contributed by atoms with Crippen LogP contribution in [0.2, 0.25) is 10.0 Å². The minimum atomic E-state index is -1.10. The molecule has 2 aromatic rings. The summed E-state index contributed by atoms with van der Waals surface area (Å²) in [5, 5.41) is 19.3. The first-order valence-electron chi connectivity index (χ1n) is 8.56. The lowest BCUT2D eigenvalue weighted by Gasteiger charge is -2.20. The molecule has 0 saturated heterocycles. The Morgan fingerprint density at radius 3 is 1.48 bits per heavy atom. The van der Waals surface area contributed by atoms with Crippen molar-refractivity contribution in [3.63, 3.8) is 0 Å². The van der Waals surface area contributed by atoms with Crippen LogP contribution in [-0.2, 0) is 9.59 Å². The molecule has 0 aromatic heterocycles.